The van der Waals surface area contributed by atoms with Crippen molar-refractivity contribution in [1.82, 2.24) is 9.78 Å². The van der Waals surface area contributed by atoms with Crippen LogP contribution < -0.4 is 5.32 Å². The van der Waals surface area contributed by atoms with E-state index in [-0.39, 0.29) is 23.8 Å². The minimum Gasteiger partial charge on any atom is -0.453 e. The minimum absolute atomic E-state index is 0.0107. The summed E-state index contributed by atoms with van der Waals surface area (Å²) < 4.78 is 29.6. The third-order valence-electron chi connectivity index (χ3n) is 4.22. The normalized spacial score (nSPS) is 20.6. The molecule has 134 valence electrons. The molecule has 2 atom stereocenters. The lowest BCUT2D eigenvalue weighted by Crippen LogP contribution is -2.31. The van der Waals surface area contributed by atoms with E-state index in [0.29, 0.717) is 17.8 Å². The van der Waals surface area contributed by atoms with Gasteiger partial charge in [0.15, 0.2) is 15.9 Å². The van der Waals surface area contributed by atoms with E-state index in [9.17, 15) is 18.0 Å². The number of carbonyl (C=O) groups excluding carboxylic acids is 2. The maximum atomic E-state index is 12.2. The molecule has 0 aromatic carbocycles. The lowest BCUT2D eigenvalue weighted by atomic mass is 10.1. The monoisotopic (exact) mass is 357 g/mol. The fourth-order valence-electron chi connectivity index (χ4n) is 2.75. The van der Waals surface area contributed by atoms with E-state index in [1.54, 1.807) is 18.7 Å². The van der Waals surface area contributed by atoms with E-state index >= 15 is 0 Å². The van der Waals surface area contributed by atoms with Crippen LogP contribution in [0.4, 0.5) is 5.69 Å². The Morgan fingerprint density at radius 2 is 2.08 bits per heavy atom. The van der Waals surface area contributed by atoms with Crippen LogP contribution in [0, 0.1) is 19.8 Å². The fourth-order valence-corrected chi connectivity index (χ4v) is 4.61. The van der Waals surface area contributed by atoms with E-state index in [1.165, 1.54) is 6.92 Å². The van der Waals surface area contributed by atoms with Gasteiger partial charge in [-0.05, 0) is 33.1 Å². The number of nitrogens with one attached hydrogen (secondary N) is 1. The summed E-state index contributed by atoms with van der Waals surface area (Å²) in [5.74, 6) is -1.10. The van der Waals surface area contributed by atoms with E-state index in [2.05, 4.69) is 10.4 Å². The number of esters is 1. The SMILES string of the molecule is Cc1nn(C)c(C)c1NC(=O)[C@H](C)OC(=O)C[C@H]1CCS(=O)(=O)C1. The molecule has 1 aromatic heterocycles. The number of aryl methyl sites for hydroxylation is 2. The highest BCUT2D eigenvalue weighted by Gasteiger charge is 2.31. The summed E-state index contributed by atoms with van der Waals surface area (Å²) in [6.45, 7) is 5.09. The summed E-state index contributed by atoms with van der Waals surface area (Å²) in [7, 11) is -1.26. The number of sulfone groups is 1. The van der Waals surface area contributed by atoms with Crippen LogP contribution in [0.15, 0.2) is 0 Å². The van der Waals surface area contributed by atoms with Crippen LogP contribution in [-0.2, 0) is 31.2 Å². The molecule has 1 fully saturated rings. The highest BCUT2D eigenvalue weighted by molar-refractivity contribution is 7.91. The molecule has 24 heavy (non-hydrogen) atoms. The Bertz CT molecular complexity index is 753. The molecule has 1 aromatic rings. The van der Waals surface area contributed by atoms with E-state index in [0.717, 1.165) is 5.69 Å². The third kappa shape index (κ3) is 4.34. The summed E-state index contributed by atoms with van der Waals surface area (Å²) in [5, 5.41) is 6.92. The van der Waals surface area contributed by atoms with Gasteiger partial charge in [0.25, 0.3) is 5.91 Å². The average Bonchev–Trinajstić information content (AvgIpc) is 2.92. The van der Waals surface area contributed by atoms with Gasteiger partial charge in [-0.1, -0.05) is 0 Å². The number of carbonyl (C=O) groups is 2. The predicted octanol–water partition coefficient (Wildman–Crippen LogP) is 0.732. The number of rotatable bonds is 5. The standard InChI is InChI=1S/C15H23N3O5S/c1-9-14(10(2)18(4)17-9)16-15(20)11(3)23-13(19)7-12-5-6-24(21,22)8-12/h11-12H,5-8H2,1-4H3,(H,16,20)/t11-,12+/m0/s1. The second-order valence-corrected chi connectivity index (χ2v) is 8.49. The third-order valence-corrected chi connectivity index (χ3v) is 6.05. The van der Waals surface area contributed by atoms with Crippen LogP contribution >= 0.6 is 0 Å². The molecule has 0 spiro atoms. The van der Waals surface area contributed by atoms with Crippen LogP contribution in [0.2, 0.25) is 0 Å². The largest absolute Gasteiger partial charge is 0.453 e. The molecule has 1 aliphatic rings. The van der Waals surface area contributed by atoms with Gasteiger partial charge in [0, 0.05) is 13.5 Å². The molecule has 1 N–H and O–H groups in total. The number of nitrogens with zero attached hydrogens (tertiary/aromatic N) is 2. The number of ether oxygens (including phenoxy) is 1. The van der Waals surface area contributed by atoms with Crippen LogP contribution in [-0.4, -0.2) is 47.7 Å². The molecule has 0 aliphatic carbocycles. The van der Waals surface area contributed by atoms with Gasteiger partial charge in [-0.2, -0.15) is 5.10 Å². The molecule has 1 amide bonds. The summed E-state index contributed by atoms with van der Waals surface area (Å²) in [6, 6.07) is 0. The number of amides is 1. The Kier molecular flexibility index (Phi) is 5.32. The van der Waals surface area contributed by atoms with Gasteiger partial charge in [0.1, 0.15) is 0 Å². The van der Waals surface area contributed by atoms with Crippen molar-refractivity contribution in [3.05, 3.63) is 11.4 Å². The molecular formula is C15H23N3O5S. The molecule has 0 unspecified atom stereocenters. The van der Waals surface area contributed by atoms with Crippen molar-refractivity contribution in [2.75, 3.05) is 16.8 Å². The summed E-state index contributed by atoms with van der Waals surface area (Å²) >= 11 is 0. The van der Waals surface area contributed by atoms with Crippen LogP contribution in [0.1, 0.15) is 31.2 Å². The van der Waals surface area contributed by atoms with E-state index in [4.69, 9.17) is 4.74 Å². The maximum Gasteiger partial charge on any atom is 0.306 e. The van der Waals surface area contributed by atoms with Gasteiger partial charge in [0.2, 0.25) is 0 Å². The second-order valence-electron chi connectivity index (χ2n) is 6.26. The van der Waals surface area contributed by atoms with Gasteiger partial charge in [-0.15, -0.1) is 0 Å². The smallest absolute Gasteiger partial charge is 0.306 e. The van der Waals surface area contributed by atoms with Crippen molar-refractivity contribution in [1.29, 1.82) is 0 Å². The van der Waals surface area contributed by atoms with Crippen molar-refractivity contribution in [3.8, 4) is 0 Å². The predicted molar refractivity (Wildman–Crippen MR) is 88.2 cm³/mol. The Hall–Kier alpha value is -1.90. The fraction of sp³-hybridized carbons (Fsp3) is 0.667. The minimum atomic E-state index is -3.03. The molecule has 1 saturated heterocycles. The Labute approximate surface area is 141 Å². The first-order chi connectivity index (χ1) is 11.1. The first-order valence-electron chi connectivity index (χ1n) is 7.80. The lowest BCUT2D eigenvalue weighted by Gasteiger charge is -2.15. The molecule has 1 aliphatic heterocycles. The average molecular weight is 357 g/mol. The number of hydrogen-bond donors (Lipinski definition) is 1. The molecule has 0 bridgehead atoms. The van der Waals surface area contributed by atoms with Gasteiger partial charge in [-0.25, -0.2) is 8.42 Å². The number of anilines is 1. The van der Waals surface area contributed by atoms with Crippen molar-refractivity contribution in [3.63, 3.8) is 0 Å². The van der Waals surface area contributed by atoms with Gasteiger partial charge in [-0.3, -0.25) is 14.3 Å². The van der Waals surface area contributed by atoms with E-state index < -0.39 is 27.8 Å². The van der Waals surface area contributed by atoms with Crippen molar-refractivity contribution in [2.45, 2.75) is 39.7 Å². The first-order valence-corrected chi connectivity index (χ1v) is 9.62. The van der Waals surface area contributed by atoms with Gasteiger partial charge >= 0.3 is 5.97 Å². The molecule has 0 radical (unpaired) electrons. The molecule has 9 heteroatoms. The Balaban J connectivity index is 1.88. The zero-order valence-electron chi connectivity index (χ0n) is 14.3. The quantitative estimate of drug-likeness (QED) is 0.779. The molecule has 0 saturated carbocycles. The van der Waals surface area contributed by atoms with Gasteiger partial charge < -0.3 is 10.1 Å². The van der Waals surface area contributed by atoms with Crippen LogP contribution in [0.5, 0.6) is 0 Å². The molecule has 8 nitrogen and oxygen atoms in total. The molecular weight excluding hydrogens is 334 g/mol. The maximum absolute atomic E-state index is 12.2. The zero-order valence-corrected chi connectivity index (χ0v) is 15.1. The molecule has 2 heterocycles. The zero-order chi connectivity index (χ0) is 18.1. The number of hydrogen-bond acceptors (Lipinski definition) is 6. The van der Waals surface area contributed by atoms with Crippen LogP contribution in [0.25, 0.3) is 0 Å². The van der Waals surface area contributed by atoms with Crippen molar-refractivity contribution < 1.29 is 22.7 Å². The van der Waals surface area contributed by atoms with Crippen molar-refractivity contribution >= 4 is 27.4 Å². The summed E-state index contributed by atoms with van der Waals surface area (Å²) in [5.41, 5.74) is 2.08. The first kappa shape index (κ1) is 18.4. The highest BCUT2D eigenvalue weighted by atomic mass is 32.2. The highest BCUT2D eigenvalue weighted by Crippen LogP contribution is 2.22. The van der Waals surface area contributed by atoms with E-state index in [1.807, 2.05) is 6.92 Å². The van der Waals surface area contributed by atoms with Crippen LogP contribution in [0.3, 0.4) is 0 Å². The lowest BCUT2D eigenvalue weighted by molar-refractivity contribution is -0.153. The van der Waals surface area contributed by atoms with Gasteiger partial charge in [0.05, 0.1) is 28.6 Å². The topological polar surface area (TPSA) is 107 Å². The Morgan fingerprint density at radius 3 is 2.58 bits per heavy atom. The van der Waals surface area contributed by atoms with Crippen molar-refractivity contribution in [2.24, 2.45) is 13.0 Å². The number of aromatic nitrogens is 2. The second kappa shape index (κ2) is 6.92. The summed E-state index contributed by atoms with van der Waals surface area (Å²) in [4.78, 5) is 24.1. The summed E-state index contributed by atoms with van der Waals surface area (Å²) in [6.07, 6.45) is -0.483. The molecule has 2 rings (SSSR count). The Morgan fingerprint density at radius 1 is 1.42 bits per heavy atom.